The highest BCUT2D eigenvalue weighted by Crippen LogP contribution is 2.22. The average molecular weight is 408 g/mol. The zero-order chi connectivity index (χ0) is 20.5. The molecule has 4 rings (SSSR count). The molecule has 2 heterocycles. The number of nitrogens with one attached hydrogen (secondary N) is 1. The van der Waals surface area contributed by atoms with Crippen molar-refractivity contribution in [3.63, 3.8) is 0 Å². The van der Waals surface area contributed by atoms with Gasteiger partial charge in [-0.2, -0.15) is 5.10 Å². The third-order valence-corrected chi connectivity index (χ3v) is 4.92. The fourth-order valence-corrected chi connectivity index (χ4v) is 3.39. The van der Waals surface area contributed by atoms with Gasteiger partial charge in [0, 0.05) is 0 Å². The van der Waals surface area contributed by atoms with Gasteiger partial charge in [0.05, 0.1) is 22.6 Å². The van der Waals surface area contributed by atoms with Crippen molar-refractivity contribution in [2.24, 2.45) is 0 Å². The topological polar surface area (TPSA) is 81.8 Å². The average Bonchev–Trinajstić information content (AvgIpc) is 3.11. The van der Waals surface area contributed by atoms with Crippen molar-refractivity contribution in [2.45, 2.75) is 20.4 Å². The summed E-state index contributed by atoms with van der Waals surface area (Å²) in [5.74, 6) is -0.370. The maximum Gasteiger partial charge on any atom is 0.264 e. The second-order valence-corrected chi connectivity index (χ2v) is 7.20. The summed E-state index contributed by atoms with van der Waals surface area (Å²) in [7, 11) is 0. The summed E-state index contributed by atoms with van der Waals surface area (Å²) in [6.07, 6.45) is 2.83. The molecule has 146 valence electrons. The van der Waals surface area contributed by atoms with E-state index in [1.807, 2.05) is 44.2 Å². The number of carbonyl (C=O) groups excluding carboxylic acids is 1. The van der Waals surface area contributed by atoms with Crippen LogP contribution in [0.3, 0.4) is 0 Å². The molecular formula is C21H18ClN5O2. The molecule has 2 aromatic carbocycles. The summed E-state index contributed by atoms with van der Waals surface area (Å²) < 4.78 is 2.88. The van der Waals surface area contributed by atoms with E-state index in [2.05, 4.69) is 15.4 Å². The molecule has 0 aliphatic rings. The van der Waals surface area contributed by atoms with Gasteiger partial charge in [-0.15, -0.1) is 0 Å². The van der Waals surface area contributed by atoms with Crippen molar-refractivity contribution in [1.82, 2.24) is 19.3 Å². The van der Waals surface area contributed by atoms with E-state index in [1.54, 1.807) is 16.8 Å². The normalized spacial score (nSPS) is 11.0. The molecule has 1 amide bonds. The molecule has 0 fully saturated rings. The first kappa shape index (κ1) is 18.9. The first-order valence-electron chi connectivity index (χ1n) is 8.99. The number of rotatable bonds is 4. The van der Waals surface area contributed by atoms with Gasteiger partial charge in [-0.3, -0.25) is 14.2 Å². The molecule has 0 saturated heterocycles. The summed E-state index contributed by atoms with van der Waals surface area (Å²) in [4.78, 5) is 29.6. The fourth-order valence-electron chi connectivity index (χ4n) is 3.10. The Morgan fingerprint density at radius 2 is 1.97 bits per heavy atom. The van der Waals surface area contributed by atoms with Crippen LogP contribution in [-0.4, -0.2) is 25.2 Å². The van der Waals surface area contributed by atoms with Crippen LogP contribution in [0.25, 0.3) is 16.7 Å². The number of benzene rings is 2. The molecule has 7 nitrogen and oxygen atoms in total. The third-order valence-electron chi connectivity index (χ3n) is 4.61. The van der Waals surface area contributed by atoms with Gasteiger partial charge in [0.25, 0.3) is 5.56 Å². The maximum absolute atomic E-state index is 12.8. The maximum atomic E-state index is 12.8. The van der Waals surface area contributed by atoms with Gasteiger partial charge in [-0.1, -0.05) is 35.9 Å². The van der Waals surface area contributed by atoms with E-state index >= 15 is 0 Å². The molecule has 8 heteroatoms. The van der Waals surface area contributed by atoms with Crippen LogP contribution in [0.15, 0.2) is 59.8 Å². The molecule has 2 aromatic heterocycles. The van der Waals surface area contributed by atoms with Crippen molar-refractivity contribution in [1.29, 1.82) is 0 Å². The summed E-state index contributed by atoms with van der Waals surface area (Å²) in [6.45, 7) is 3.70. The predicted octanol–water partition coefficient (Wildman–Crippen LogP) is 3.49. The minimum absolute atomic E-state index is 0.179. The van der Waals surface area contributed by atoms with Gasteiger partial charge >= 0.3 is 0 Å². The molecule has 0 radical (unpaired) electrons. The van der Waals surface area contributed by atoms with Crippen molar-refractivity contribution < 1.29 is 4.79 Å². The van der Waals surface area contributed by atoms with Crippen molar-refractivity contribution in [3.8, 4) is 5.69 Å². The molecule has 29 heavy (non-hydrogen) atoms. The van der Waals surface area contributed by atoms with E-state index in [-0.39, 0.29) is 18.0 Å². The van der Waals surface area contributed by atoms with Crippen LogP contribution in [0.2, 0.25) is 5.02 Å². The van der Waals surface area contributed by atoms with Crippen molar-refractivity contribution in [3.05, 3.63) is 81.5 Å². The molecule has 0 unspecified atom stereocenters. The molecular weight excluding hydrogens is 390 g/mol. The Labute approximate surface area is 171 Å². The monoisotopic (exact) mass is 407 g/mol. The van der Waals surface area contributed by atoms with Crippen LogP contribution in [0.5, 0.6) is 0 Å². The lowest BCUT2D eigenvalue weighted by molar-refractivity contribution is -0.116. The minimum Gasteiger partial charge on any atom is -0.323 e. The van der Waals surface area contributed by atoms with Crippen LogP contribution < -0.4 is 10.9 Å². The van der Waals surface area contributed by atoms with Crippen LogP contribution in [0.4, 0.5) is 5.69 Å². The number of hydrogen-bond donors (Lipinski definition) is 1. The molecule has 0 aliphatic carbocycles. The first-order valence-corrected chi connectivity index (χ1v) is 9.37. The number of nitrogens with zero attached hydrogens (tertiary/aromatic N) is 4. The second-order valence-electron chi connectivity index (χ2n) is 6.79. The highest BCUT2D eigenvalue weighted by molar-refractivity contribution is 6.33. The van der Waals surface area contributed by atoms with E-state index in [1.165, 1.54) is 17.1 Å². The Bertz CT molecular complexity index is 1290. The molecule has 0 spiro atoms. The largest absolute Gasteiger partial charge is 0.323 e. The number of carbonyl (C=O) groups is 1. The number of anilines is 1. The van der Waals surface area contributed by atoms with E-state index < -0.39 is 0 Å². The van der Waals surface area contributed by atoms with Crippen LogP contribution in [0.1, 0.15) is 11.1 Å². The number of fused-ring (bicyclic) bond motifs is 1. The summed E-state index contributed by atoms with van der Waals surface area (Å²) >= 11 is 6.15. The van der Waals surface area contributed by atoms with Gasteiger partial charge < -0.3 is 5.32 Å². The zero-order valence-corrected chi connectivity index (χ0v) is 16.6. The van der Waals surface area contributed by atoms with Gasteiger partial charge in [-0.25, -0.2) is 9.67 Å². The van der Waals surface area contributed by atoms with E-state index in [9.17, 15) is 9.59 Å². The van der Waals surface area contributed by atoms with Crippen molar-refractivity contribution in [2.75, 3.05) is 5.32 Å². The van der Waals surface area contributed by atoms with Gasteiger partial charge in [0.15, 0.2) is 5.65 Å². The number of halogens is 1. The summed E-state index contributed by atoms with van der Waals surface area (Å²) in [5.41, 5.74) is 3.46. The summed E-state index contributed by atoms with van der Waals surface area (Å²) in [5, 5.41) is 7.83. The van der Waals surface area contributed by atoms with Crippen LogP contribution >= 0.6 is 11.6 Å². The Kier molecular flexibility index (Phi) is 4.90. The highest BCUT2D eigenvalue weighted by Gasteiger charge is 2.14. The molecule has 0 aliphatic heterocycles. The number of hydrogen-bond acceptors (Lipinski definition) is 4. The van der Waals surface area contributed by atoms with Gasteiger partial charge in [0.2, 0.25) is 5.91 Å². The number of para-hydroxylation sites is 1. The van der Waals surface area contributed by atoms with E-state index in [0.717, 1.165) is 16.8 Å². The Hall–Kier alpha value is -3.45. The Balaban J connectivity index is 1.62. The quantitative estimate of drug-likeness (QED) is 0.561. The van der Waals surface area contributed by atoms with Gasteiger partial charge in [-0.05, 0) is 43.2 Å². The van der Waals surface area contributed by atoms with Gasteiger partial charge in [0.1, 0.15) is 18.3 Å². The highest BCUT2D eigenvalue weighted by atomic mass is 35.5. The van der Waals surface area contributed by atoms with Crippen LogP contribution in [-0.2, 0) is 11.3 Å². The first-order chi connectivity index (χ1) is 13.9. The zero-order valence-electron chi connectivity index (χ0n) is 15.9. The molecule has 0 atom stereocenters. The third kappa shape index (κ3) is 3.64. The lowest BCUT2D eigenvalue weighted by atomic mass is 10.2. The molecule has 4 aromatic rings. The minimum atomic E-state index is -0.370. The number of aryl methyl sites for hydroxylation is 2. The predicted molar refractivity (Wildman–Crippen MR) is 113 cm³/mol. The Morgan fingerprint density at radius 1 is 1.17 bits per heavy atom. The molecule has 1 N–H and O–H groups in total. The lowest BCUT2D eigenvalue weighted by Crippen LogP contribution is -2.28. The van der Waals surface area contributed by atoms with Crippen molar-refractivity contribution >= 4 is 34.2 Å². The van der Waals surface area contributed by atoms with E-state index in [4.69, 9.17) is 11.6 Å². The van der Waals surface area contributed by atoms with Crippen LogP contribution in [0, 0.1) is 13.8 Å². The molecule has 0 bridgehead atoms. The van der Waals surface area contributed by atoms with E-state index in [0.29, 0.717) is 21.7 Å². The number of amides is 1. The summed E-state index contributed by atoms with van der Waals surface area (Å²) in [6, 6.07) is 13.0. The fraction of sp³-hybridized carbons (Fsp3) is 0.143. The smallest absolute Gasteiger partial charge is 0.264 e. The lowest BCUT2D eigenvalue weighted by Gasteiger charge is -2.10. The Morgan fingerprint density at radius 3 is 2.72 bits per heavy atom. The number of aromatic nitrogens is 4. The standard InChI is InChI=1S/C21H18ClN5O2/c1-13-7-8-17(16(22)9-13)25-19(28)11-26-12-23-20-15(21(26)29)10-24-27(20)18-6-4-3-5-14(18)2/h3-10,12H,11H2,1-2H3,(H,25,28). The SMILES string of the molecule is Cc1ccc(NC(=O)Cn2cnc3c(cnn3-c3ccccc3C)c2=O)c(Cl)c1. The second kappa shape index (κ2) is 7.52. The molecule has 0 saturated carbocycles.